The van der Waals surface area contributed by atoms with E-state index < -0.39 is 18.6 Å². The quantitative estimate of drug-likeness (QED) is 0.567. The fourth-order valence-electron chi connectivity index (χ4n) is 0.286. The van der Waals surface area contributed by atoms with Crippen molar-refractivity contribution >= 4 is 18.6 Å². The van der Waals surface area contributed by atoms with Crippen LogP contribution in [-0.4, -0.2) is 32.8 Å². The number of hydrogen-bond donors (Lipinski definition) is 0. The molecule has 0 aliphatic heterocycles. The van der Waals surface area contributed by atoms with E-state index in [9.17, 15) is 0 Å². The summed E-state index contributed by atoms with van der Waals surface area (Å²) in [6.45, 7) is 3.88. The maximum absolute atomic E-state index is 5.31. The summed E-state index contributed by atoms with van der Waals surface area (Å²) in [5.41, 5.74) is 0. The van der Waals surface area contributed by atoms with E-state index in [-0.39, 0.29) is 0 Å². The summed E-state index contributed by atoms with van der Waals surface area (Å²) in [4.78, 5) is 0. The van der Waals surface area contributed by atoms with Crippen molar-refractivity contribution in [3.8, 4) is 0 Å². The summed E-state index contributed by atoms with van der Waals surface area (Å²) >= 11 is 0. The summed E-state index contributed by atoms with van der Waals surface area (Å²) in [6, 6.07) is 0. The maximum atomic E-state index is 5.31. The normalized spacial score (nSPS) is 11.3. The zero-order valence-corrected chi connectivity index (χ0v) is 8.22. The van der Waals surface area contributed by atoms with Gasteiger partial charge in [0.15, 0.2) is 0 Å². The summed E-state index contributed by atoms with van der Waals surface area (Å²) in [5.74, 6) is 0. The number of hydrogen-bond acceptors (Lipinski definition) is 3. The Morgan fingerprint density at radius 1 is 0.889 bits per heavy atom. The highest BCUT2D eigenvalue weighted by Crippen LogP contribution is 1.90. The molecule has 0 rings (SSSR count). The van der Waals surface area contributed by atoms with Crippen LogP contribution >= 0.6 is 0 Å². The van der Waals surface area contributed by atoms with Gasteiger partial charge in [-0.15, -0.1) is 0 Å². The molecule has 2 radical (unpaired) electrons. The van der Waals surface area contributed by atoms with Gasteiger partial charge in [0.1, 0.15) is 0 Å². The molecule has 5 heteroatoms. The zero-order chi connectivity index (χ0) is 7.28. The lowest BCUT2D eigenvalue weighted by atomic mass is 11.8. The van der Waals surface area contributed by atoms with Gasteiger partial charge >= 0.3 is 18.6 Å². The summed E-state index contributed by atoms with van der Waals surface area (Å²) in [5, 5.41) is 0. The molecule has 0 amide bonds. The first-order valence-corrected chi connectivity index (χ1v) is 6.27. The minimum Gasteiger partial charge on any atom is -0.413 e. The molecular formula is C4H12O3Si2. The van der Waals surface area contributed by atoms with Gasteiger partial charge in [-0.05, 0) is 13.1 Å². The van der Waals surface area contributed by atoms with Crippen molar-refractivity contribution in [1.82, 2.24) is 0 Å². The molecule has 0 saturated heterocycles. The van der Waals surface area contributed by atoms with Gasteiger partial charge in [-0.25, -0.2) is 0 Å². The predicted molar refractivity (Wildman–Crippen MR) is 38.3 cm³/mol. The van der Waals surface area contributed by atoms with E-state index in [1.54, 1.807) is 14.2 Å². The van der Waals surface area contributed by atoms with Gasteiger partial charge in [0.25, 0.3) is 0 Å². The van der Waals surface area contributed by atoms with Crippen LogP contribution in [0.3, 0.4) is 0 Å². The molecule has 0 saturated carbocycles. The van der Waals surface area contributed by atoms with Crippen molar-refractivity contribution in [2.24, 2.45) is 0 Å². The van der Waals surface area contributed by atoms with Crippen LogP contribution in [0.25, 0.3) is 0 Å². The molecule has 0 aromatic carbocycles. The van der Waals surface area contributed by atoms with E-state index in [4.69, 9.17) is 13.0 Å². The molecule has 0 aromatic rings. The van der Waals surface area contributed by atoms with Crippen molar-refractivity contribution in [3.05, 3.63) is 0 Å². The van der Waals surface area contributed by atoms with E-state index >= 15 is 0 Å². The molecule has 0 aliphatic rings. The first-order valence-electron chi connectivity index (χ1n) is 2.63. The highest BCUT2D eigenvalue weighted by molar-refractivity contribution is 6.57. The monoisotopic (exact) mass is 164 g/mol. The molecule has 54 valence electrons. The van der Waals surface area contributed by atoms with Crippen LogP contribution in [-0.2, 0) is 13.0 Å². The van der Waals surface area contributed by atoms with Gasteiger partial charge in [0, 0.05) is 14.2 Å². The minimum atomic E-state index is -1.02. The third-order valence-corrected chi connectivity index (χ3v) is 4.31. The average Bonchev–Trinajstić information content (AvgIpc) is 1.87. The smallest absolute Gasteiger partial charge is 0.371 e. The fraction of sp³-hybridized carbons (Fsp3) is 1.00. The SMILES string of the molecule is CO[Si](C)O[Si](C)OC. The Balaban J connectivity index is 3.22. The Morgan fingerprint density at radius 3 is 1.44 bits per heavy atom. The van der Waals surface area contributed by atoms with Crippen LogP contribution in [0.2, 0.25) is 13.1 Å². The highest BCUT2D eigenvalue weighted by Gasteiger charge is 2.12. The first-order chi connectivity index (χ1) is 4.20. The second-order valence-corrected chi connectivity index (χ2v) is 5.09. The van der Waals surface area contributed by atoms with Crippen molar-refractivity contribution in [2.45, 2.75) is 13.1 Å². The van der Waals surface area contributed by atoms with Crippen LogP contribution in [0.4, 0.5) is 0 Å². The van der Waals surface area contributed by atoms with E-state index in [0.29, 0.717) is 0 Å². The summed E-state index contributed by atoms with van der Waals surface area (Å²) in [7, 11) is 1.26. The molecule has 0 aromatic heterocycles. The van der Waals surface area contributed by atoms with Gasteiger partial charge in [0.05, 0.1) is 0 Å². The van der Waals surface area contributed by atoms with Gasteiger partial charge in [0.2, 0.25) is 0 Å². The molecule has 0 aliphatic carbocycles. The lowest BCUT2D eigenvalue weighted by Gasteiger charge is -2.10. The Bertz CT molecular complexity index is 62.8. The lowest BCUT2D eigenvalue weighted by molar-refractivity contribution is 0.288. The predicted octanol–water partition coefficient (Wildman–Crippen LogP) is 0.532. The maximum Gasteiger partial charge on any atom is 0.371 e. The van der Waals surface area contributed by atoms with Crippen molar-refractivity contribution < 1.29 is 13.0 Å². The molecule has 0 heterocycles. The Hall–Kier alpha value is 0.314. The second-order valence-electron chi connectivity index (χ2n) is 1.49. The molecule has 0 bridgehead atoms. The largest absolute Gasteiger partial charge is 0.413 e. The topological polar surface area (TPSA) is 27.7 Å². The molecule has 0 N–H and O–H groups in total. The Kier molecular flexibility index (Phi) is 5.31. The van der Waals surface area contributed by atoms with E-state index in [2.05, 4.69) is 0 Å². The first kappa shape index (κ1) is 9.31. The van der Waals surface area contributed by atoms with Crippen molar-refractivity contribution in [2.75, 3.05) is 14.2 Å². The molecular weight excluding hydrogens is 152 g/mol. The van der Waals surface area contributed by atoms with Gasteiger partial charge in [-0.1, -0.05) is 0 Å². The van der Waals surface area contributed by atoms with Crippen molar-refractivity contribution in [1.29, 1.82) is 0 Å². The van der Waals surface area contributed by atoms with Crippen LogP contribution in [0.1, 0.15) is 0 Å². The molecule has 0 unspecified atom stereocenters. The summed E-state index contributed by atoms with van der Waals surface area (Å²) < 4.78 is 15.2. The minimum absolute atomic E-state index is 1.02. The number of rotatable bonds is 4. The van der Waals surface area contributed by atoms with Crippen LogP contribution in [0, 0.1) is 0 Å². The fourth-order valence-corrected chi connectivity index (χ4v) is 2.57. The van der Waals surface area contributed by atoms with Gasteiger partial charge in [-0.2, -0.15) is 0 Å². The third kappa shape index (κ3) is 4.79. The third-order valence-electron chi connectivity index (χ3n) is 0.862. The lowest BCUT2D eigenvalue weighted by Crippen LogP contribution is -2.27. The van der Waals surface area contributed by atoms with Crippen LogP contribution in [0.15, 0.2) is 0 Å². The van der Waals surface area contributed by atoms with Gasteiger partial charge < -0.3 is 13.0 Å². The second kappa shape index (κ2) is 5.13. The molecule has 3 nitrogen and oxygen atoms in total. The van der Waals surface area contributed by atoms with E-state index in [0.717, 1.165) is 0 Å². The Labute approximate surface area is 59.6 Å². The van der Waals surface area contributed by atoms with Crippen molar-refractivity contribution in [3.63, 3.8) is 0 Å². The summed E-state index contributed by atoms with van der Waals surface area (Å²) in [6.07, 6.45) is 0. The van der Waals surface area contributed by atoms with E-state index in [1.807, 2.05) is 13.1 Å². The van der Waals surface area contributed by atoms with Gasteiger partial charge in [-0.3, -0.25) is 0 Å². The highest BCUT2D eigenvalue weighted by atomic mass is 28.4. The van der Waals surface area contributed by atoms with Crippen LogP contribution in [0.5, 0.6) is 0 Å². The Morgan fingerprint density at radius 2 is 1.22 bits per heavy atom. The van der Waals surface area contributed by atoms with E-state index in [1.165, 1.54) is 0 Å². The standard InChI is InChI=1S/C4H12O3Si2/c1-5-8(3)7-9(4)6-2/h1-4H3. The molecule has 9 heavy (non-hydrogen) atoms. The van der Waals surface area contributed by atoms with Crippen LogP contribution < -0.4 is 0 Å². The molecule has 0 fully saturated rings. The molecule has 0 spiro atoms. The average molecular weight is 164 g/mol. The molecule has 0 atom stereocenters. The zero-order valence-electron chi connectivity index (χ0n) is 6.22.